The molecule has 0 aliphatic heterocycles. The summed E-state index contributed by atoms with van der Waals surface area (Å²) in [7, 11) is 0. The van der Waals surface area contributed by atoms with Gasteiger partial charge in [0.25, 0.3) is 0 Å². The van der Waals surface area contributed by atoms with Crippen molar-refractivity contribution in [3.05, 3.63) is 46.7 Å². The second kappa shape index (κ2) is 6.76. The molecule has 0 unspecified atom stereocenters. The van der Waals surface area contributed by atoms with Crippen molar-refractivity contribution in [1.82, 2.24) is 0 Å². The summed E-state index contributed by atoms with van der Waals surface area (Å²) in [6.07, 6.45) is 9.25. The lowest BCUT2D eigenvalue weighted by Crippen LogP contribution is -2.23. The van der Waals surface area contributed by atoms with Gasteiger partial charge in [0.15, 0.2) is 0 Å². The topological polar surface area (TPSA) is 26.3 Å². The van der Waals surface area contributed by atoms with Crippen LogP contribution in [0.15, 0.2) is 41.1 Å². The molecule has 0 N–H and O–H groups in total. The van der Waals surface area contributed by atoms with E-state index in [0.717, 1.165) is 12.0 Å². The maximum atomic E-state index is 12.2. The molecule has 18 heavy (non-hydrogen) atoms. The van der Waals surface area contributed by atoms with Crippen LogP contribution in [0.5, 0.6) is 0 Å². The number of carbonyl (C=O) groups excluding carboxylic acids is 1. The molecule has 0 spiro atoms. The Bertz CT molecular complexity index is 425. The first kappa shape index (κ1) is 13.4. The highest BCUT2D eigenvalue weighted by molar-refractivity contribution is 7.08. The minimum atomic E-state index is -0.257. The van der Waals surface area contributed by atoms with Crippen molar-refractivity contribution in [1.29, 1.82) is 0 Å². The zero-order valence-electron chi connectivity index (χ0n) is 9.92. The van der Waals surface area contributed by atoms with Crippen LogP contribution in [0.2, 0.25) is 0 Å². The molecule has 96 valence electrons. The highest BCUT2D eigenvalue weighted by atomic mass is 35.5. The largest absolute Gasteiger partial charge is 0.464 e. The van der Waals surface area contributed by atoms with Crippen molar-refractivity contribution in [2.75, 3.05) is 12.5 Å². The first-order chi connectivity index (χ1) is 8.83. The molecule has 2 nitrogen and oxygen atoms in total. The average molecular weight is 283 g/mol. The van der Waals surface area contributed by atoms with Crippen molar-refractivity contribution in [3.63, 3.8) is 0 Å². The third-order valence-corrected chi connectivity index (χ3v) is 3.71. The molecule has 0 saturated carbocycles. The molecule has 1 aromatic heterocycles. The number of halogens is 1. The normalized spacial score (nSPS) is 16.7. The van der Waals surface area contributed by atoms with E-state index >= 15 is 0 Å². The fraction of sp³-hybridized carbons (Fsp3) is 0.357. The van der Waals surface area contributed by atoms with Crippen molar-refractivity contribution < 1.29 is 9.53 Å². The van der Waals surface area contributed by atoms with E-state index in [2.05, 4.69) is 24.3 Å². The lowest BCUT2D eigenvalue weighted by Gasteiger charge is -2.21. The van der Waals surface area contributed by atoms with Gasteiger partial charge in [0.2, 0.25) is 0 Å². The lowest BCUT2D eigenvalue weighted by molar-refractivity contribution is -0.145. The molecule has 4 heteroatoms. The number of hydrogen-bond acceptors (Lipinski definition) is 3. The first-order valence-corrected chi connectivity index (χ1v) is 7.38. The van der Waals surface area contributed by atoms with E-state index in [1.807, 2.05) is 16.8 Å². The zero-order valence-corrected chi connectivity index (χ0v) is 11.5. The Kier molecular flexibility index (Phi) is 5.02. The third-order valence-electron chi connectivity index (χ3n) is 2.85. The standard InChI is InChI=1S/C14H15ClO2S/c15-7-8-17-14(16)13(12-6-9-18-10-12)11-4-2-1-3-5-11/h2-6,9-11,13H,1,7-8H2/t13-/m0/s1. The van der Waals surface area contributed by atoms with Crippen LogP contribution in [-0.2, 0) is 9.53 Å². The van der Waals surface area contributed by atoms with Crippen LogP contribution in [-0.4, -0.2) is 18.5 Å². The number of rotatable bonds is 5. The van der Waals surface area contributed by atoms with Gasteiger partial charge in [-0.25, -0.2) is 0 Å². The Morgan fingerprint density at radius 2 is 2.28 bits per heavy atom. The number of hydrogen-bond donors (Lipinski definition) is 0. The molecule has 0 radical (unpaired) electrons. The molecule has 0 fully saturated rings. The molecular weight excluding hydrogens is 268 g/mol. The van der Waals surface area contributed by atoms with Gasteiger partial charge in [0.05, 0.1) is 11.8 Å². The smallest absolute Gasteiger partial charge is 0.314 e. The third kappa shape index (κ3) is 3.24. The van der Waals surface area contributed by atoms with Gasteiger partial charge in [-0.3, -0.25) is 4.79 Å². The number of carbonyl (C=O) groups is 1. The zero-order chi connectivity index (χ0) is 12.8. The number of allylic oxidation sites excluding steroid dienone is 4. The molecule has 0 amide bonds. The molecule has 0 bridgehead atoms. The molecule has 0 aromatic carbocycles. The molecule has 1 aliphatic rings. The van der Waals surface area contributed by atoms with Crippen LogP contribution < -0.4 is 0 Å². The van der Waals surface area contributed by atoms with Crippen molar-refractivity contribution in [2.45, 2.75) is 12.3 Å². The summed E-state index contributed by atoms with van der Waals surface area (Å²) in [6.45, 7) is 0.265. The van der Waals surface area contributed by atoms with Crippen LogP contribution in [0.3, 0.4) is 0 Å². The van der Waals surface area contributed by atoms with E-state index in [1.165, 1.54) is 0 Å². The van der Waals surface area contributed by atoms with Gasteiger partial charge in [0.1, 0.15) is 6.61 Å². The monoisotopic (exact) mass is 282 g/mol. The second-order valence-corrected chi connectivity index (χ2v) is 5.22. The van der Waals surface area contributed by atoms with Gasteiger partial charge >= 0.3 is 5.97 Å². The molecule has 1 atom stereocenters. The maximum Gasteiger partial charge on any atom is 0.314 e. The summed E-state index contributed by atoms with van der Waals surface area (Å²) >= 11 is 7.15. The predicted molar refractivity (Wildman–Crippen MR) is 75.1 cm³/mol. The molecule has 1 heterocycles. The van der Waals surface area contributed by atoms with Crippen molar-refractivity contribution in [3.8, 4) is 0 Å². The minimum Gasteiger partial charge on any atom is -0.464 e. The van der Waals surface area contributed by atoms with E-state index in [0.29, 0.717) is 5.88 Å². The minimum absolute atomic E-state index is 0.0798. The van der Waals surface area contributed by atoms with Gasteiger partial charge in [-0.1, -0.05) is 24.3 Å². The van der Waals surface area contributed by atoms with E-state index in [4.69, 9.17) is 16.3 Å². The summed E-state index contributed by atoms with van der Waals surface area (Å²) in [5.41, 5.74) is 1.01. The summed E-state index contributed by atoms with van der Waals surface area (Å²) in [5, 5.41) is 3.98. The van der Waals surface area contributed by atoms with Gasteiger partial charge in [-0.05, 0) is 28.8 Å². The number of thiophene rings is 1. The molecule has 0 saturated heterocycles. The van der Waals surface area contributed by atoms with Crippen LogP contribution in [0.25, 0.3) is 0 Å². The number of esters is 1. The highest BCUT2D eigenvalue weighted by Gasteiger charge is 2.29. The Hall–Kier alpha value is -1.06. The molecular formula is C14H15ClO2S. The van der Waals surface area contributed by atoms with Gasteiger partial charge in [-0.15, -0.1) is 11.6 Å². The first-order valence-electron chi connectivity index (χ1n) is 5.91. The Morgan fingerprint density at radius 1 is 1.50 bits per heavy atom. The average Bonchev–Trinajstić information content (AvgIpc) is 2.92. The Morgan fingerprint density at radius 3 is 2.89 bits per heavy atom. The van der Waals surface area contributed by atoms with Crippen molar-refractivity contribution in [2.24, 2.45) is 5.92 Å². The van der Waals surface area contributed by atoms with Crippen LogP contribution in [0.1, 0.15) is 17.9 Å². The fourth-order valence-electron chi connectivity index (χ4n) is 2.03. The summed E-state index contributed by atoms with van der Waals surface area (Å²) in [6, 6.07) is 1.98. The van der Waals surface area contributed by atoms with Gasteiger partial charge < -0.3 is 4.74 Å². The van der Waals surface area contributed by atoms with Crippen LogP contribution >= 0.6 is 22.9 Å². The fourth-order valence-corrected chi connectivity index (χ4v) is 2.81. The SMILES string of the molecule is O=C(OCCCl)[C@H](c1ccsc1)C1C=CCC=C1. The summed E-state index contributed by atoms with van der Waals surface area (Å²) < 4.78 is 5.20. The predicted octanol–water partition coefficient (Wildman–Crippen LogP) is 3.75. The Balaban J connectivity index is 2.17. The van der Waals surface area contributed by atoms with E-state index in [1.54, 1.807) is 11.3 Å². The molecule has 1 aromatic rings. The number of alkyl halides is 1. The maximum absolute atomic E-state index is 12.2. The number of ether oxygens (including phenoxy) is 1. The van der Waals surface area contributed by atoms with E-state index in [9.17, 15) is 4.79 Å². The second-order valence-electron chi connectivity index (χ2n) is 4.06. The molecule has 1 aliphatic carbocycles. The summed E-state index contributed by atoms with van der Waals surface area (Å²) in [4.78, 5) is 12.2. The lowest BCUT2D eigenvalue weighted by atomic mass is 9.85. The van der Waals surface area contributed by atoms with Crippen molar-refractivity contribution >= 4 is 28.9 Å². The highest BCUT2D eigenvalue weighted by Crippen LogP contribution is 2.31. The Labute approximate surface area is 116 Å². The van der Waals surface area contributed by atoms with Crippen LogP contribution in [0, 0.1) is 5.92 Å². The van der Waals surface area contributed by atoms with Crippen LogP contribution in [0.4, 0.5) is 0 Å². The van der Waals surface area contributed by atoms with E-state index < -0.39 is 0 Å². The molecule has 2 rings (SSSR count). The van der Waals surface area contributed by atoms with E-state index in [-0.39, 0.29) is 24.4 Å². The quantitative estimate of drug-likeness (QED) is 0.467. The van der Waals surface area contributed by atoms with Gasteiger partial charge in [-0.2, -0.15) is 11.3 Å². The van der Waals surface area contributed by atoms with Gasteiger partial charge in [0, 0.05) is 5.92 Å². The summed E-state index contributed by atoms with van der Waals surface area (Å²) in [5.74, 6) is -0.0444.